The van der Waals surface area contributed by atoms with Gasteiger partial charge < -0.3 is 14.6 Å². The molecule has 126 valence electrons. The van der Waals surface area contributed by atoms with Gasteiger partial charge in [0.15, 0.2) is 0 Å². The molecular weight excluding hydrogens is 276 g/mol. The Morgan fingerprint density at radius 1 is 1.36 bits per heavy atom. The summed E-state index contributed by atoms with van der Waals surface area (Å²) < 4.78 is 13.0. The zero-order chi connectivity index (χ0) is 16.1. The molecule has 0 spiro atoms. The van der Waals surface area contributed by atoms with Crippen molar-refractivity contribution in [3.63, 3.8) is 0 Å². The molecule has 2 heterocycles. The lowest BCUT2D eigenvalue weighted by molar-refractivity contribution is -0.211. The van der Waals surface area contributed by atoms with Crippen molar-refractivity contribution in [3.8, 4) is 0 Å². The van der Waals surface area contributed by atoms with Crippen molar-refractivity contribution in [3.05, 3.63) is 11.8 Å². The molecule has 3 nitrogen and oxygen atoms in total. The molecule has 1 saturated carbocycles. The third-order valence-electron chi connectivity index (χ3n) is 6.92. The highest BCUT2D eigenvalue weighted by Gasteiger charge is 2.66. The van der Waals surface area contributed by atoms with E-state index in [9.17, 15) is 5.11 Å². The lowest BCUT2D eigenvalue weighted by Crippen LogP contribution is -2.53. The van der Waals surface area contributed by atoms with Crippen molar-refractivity contribution in [2.24, 2.45) is 23.7 Å². The Balaban J connectivity index is 1.94. The summed E-state index contributed by atoms with van der Waals surface area (Å²) in [6.45, 7) is 11.1. The first kappa shape index (κ1) is 16.3. The minimum Gasteiger partial charge on any atom is -0.490 e. The summed E-state index contributed by atoms with van der Waals surface area (Å²) in [6.07, 6.45) is 6.64. The van der Waals surface area contributed by atoms with Gasteiger partial charge in [0.1, 0.15) is 24.1 Å². The van der Waals surface area contributed by atoms with E-state index >= 15 is 0 Å². The Morgan fingerprint density at radius 2 is 2.09 bits per heavy atom. The standard InChI is InChI=1S/C19H32O3/c1-6-14(11-20)21-17-10-19(12(2)3)9-15-13(4)7-8-16(15)18(17,5)22-19/h6,12-13,15-17,20H,7-11H2,1-5H3/b14-6+. The Bertz CT molecular complexity index is 458. The van der Waals surface area contributed by atoms with E-state index in [4.69, 9.17) is 9.47 Å². The van der Waals surface area contributed by atoms with Gasteiger partial charge in [-0.3, -0.25) is 0 Å². The van der Waals surface area contributed by atoms with Gasteiger partial charge in [-0.1, -0.05) is 27.2 Å². The first-order valence-corrected chi connectivity index (χ1v) is 8.99. The summed E-state index contributed by atoms with van der Waals surface area (Å²) >= 11 is 0. The lowest BCUT2D eigenvalue weighted by atomic mass is 9.72. The first-order chi connectivity index (χ1) is 10.4. The highest BCUT2D eigenvalue weighted by molar-refractivity contribution is 5.15. The molecule has 0 aromatic carbocycles. The molecule has 1 aliphatic carbocycles. The van der Waals surface area contributed by atoms with Gasteiger partial charge in [-0.05, 0) is 56.4 Å². The average Bonchev–Trinajstić information content (AvgIpc) is 2.95. The molecule has 3 fully saturated rings. The zero-order valence-electron chi connectivity index (χ0n) is 14.8. The largest absolute Gasteiger partial charge is 0.490 e. The van der Waals surface area contributed by atoms with E-state index in [0.717, 1.165) is 18.3 Å². The van der Waals surface area contributed by atoms with Crippen LogP contribution in [0.25, 0.3) is 0 Å². The van der Waals surface area contributed by atoms with Crippen LogP contribution in [-0.4, -0.2) is 29.0 Å². The second kappa shape index (κ2) is 5.52. The predicted octanol–water partition coefficient (Wildman–Crippen LogP) is 3.91. The van der Waals surface area contributed by atoms with E-state index in [1.165, 1.54) is 19.3 Å². The molecule has 0 amide bonds. The van der Waals surface area contributed by atoms with Crippen molar-refractivity contribution in [2.45, 2.75) is 77.6 Å². The van der Waals surface area contributed by atoms with Crippen LogP contribution in [0.1, 0.15) is 60.3 Å². The van der Waals surface area contributed by atoms with Crippen molar-refractivity contribution in [1.82, 2.24) is 0 Å². The second-order valence-electron chi connectivity index (χ2n) is 8.26. The van der Waals surface area contributed by atoms with Gasteiger partial charge in [-0.25, -0.2) is 0 Å². The fourth-order valence-electron chi connectivity index (χ4n) is 5.35. The fraction of sp³-hybridized carbons (Fsp3) is 0.895. The molecule has 3 aliphatic rings. The molecule has 0 aromatic heterocycles. The molecule has 3 heteroatoms. The monoisotopic (exact) mass is 308 g/mol. The highest BCUT2D eigenvalue weighted by Crippen LogP contribution is 2.62. The smallest absolute Gasteiger partial charge is 0.130 e. The summed E-state index contributed by atoms with van der Waals surface area (Å²) in [5.74, 6) is 3.34. The van der Waals surface area contributed by atoms with Crippen molar-refractivity contribution in [2.75, 3.05) is 6.61 Å². The van der Waals surface area contributed by atoms with E-state index in [1.54, 1.807) is 0 Å². The van der Waals surface area contributed by atoms with E-state index < -0.39 is 0 Å². The van der Waals surface area contributed by atoms with Crippen LogP contribution in [0.4, 0.5) is 0 Å². The van der Waals surface area contributed by atoms with Crippen LogP contribution in [0.15, 0.2) is 11.8 Å². The molecular formula is C19H32O3. The summed E-state index contributed by atoms with van der Waals surface area (Å²) in [5, 5.41) is 9.48. The number of allylic oxidation sites excluding steroid dienone is 1. The van der Waals surface area contributed by atoms with Crippen LogP contribution in [-0.2, 0) is 9.47 Å². The molecule has 22 heavy (non-hydrogen) atoms. The molecule has 0 radical (unpaired) electrons. The van der Waals surface area contributed by atoms with Crippen LogP contribution in [0.3, 0.4) is 0 Å². The van der Waals surface area contributed by atoms with E-state index in [2.05, 4.69) is 27.7 Å². The molecule has 1 N–H and O–H groups in total. The Kier molecular flexibility index (Phi) is 4.10. The number of hydrogen-bond donors (Lipinski definition) is 1. The van der Waals surface area contributed by atoms with Gasteiger partial charge in [0, 0.05) is 6.42 Å². The Morgan fingerprint density at radius 3 is 2.68 bits per heavy atom. The third kappa shape index (κ3) is 2.24. The zero-order valence-corrected chi connectivity index (χ0v) is 14.8. The maximum absolute atomic E-state index is 9.48. The summed E-state index contributed by atoms with van der Waals surface area (Å²) in [4.78, 5) is 0. The number of aliphatic hydroxyl groups is 1. The van der Waals surface area contributed by atoms with Gasteiger partial charge in [0.25, 0.3) is 0 Å². The number of ether oxygens (including phenoxy) is 2. The maximum Gasteiger partial charge on any atom is 0.130 e. The third-order valence-corrected chi connectivity index (χ3v) is 6.92. The number of hydrogen-bond acceptors (Lipinski definition) is 3. The summed E-state index contributed by atoms with van der Waals surface area (Å²) in [7, 11) is 0. The van der Waals surface area contributed by atoms with Crippen LogP contribution < -0.4 is 0 Å². The van der Waals surface area contributed by atoms with Crippen molar-refractivity contribution in [1.29, 1.82) is 0 Å². The van der Waals surface area contributed by atoms with Gasteiger partial charge in [-0.2, -0.15) is 0 Å². The molecule has 2 saturated heterocycles. The van der Waals surface area contributed by atoms with E-state index in [0.29, 0.717) is 17.6 Å². The average molecular weight is 308 g/mol. The topological polar surface area (TPSA) is 38.7 Å². The molecule has 2 bridgehead atoms. The van der Waals surface area contributed by atoms with Crippen molar-refractivity contribution >= 4 is 0 Å². The molecule has 6 atom stereocenters. The molecule has 3 rings (SSSR count). The van der Waals surface area contributed by atoms with Gasteiger partial charge in [0.05, 0.1) is 5.60 Å². The quantitative estimate of drug-likeness (QED) is 0.800. The number of aliphatic hydroxyl groups excluding tert-OH is 1. The second-order valence-corrected chi connectivity index (χ2v) is 8.26. The minimum atomic E-state index is -0.207. The highest BCUT2D eigenvalue weighted by atomic mass is 16.6. The predicted molar refractivity (Wildman–Crippen MR) is 87.4 cm³/mol. The normalized spacial score (nSPS) is 47.9. The first-order valence-electron chi connectivity index (χ1n) is 8.99. The fourth-order valence-corrected chi connectivity index (χ4v) is 5.35. The van der Waals surface area contributed by atoms with Gasteiger partial charge in [0.2, 0.25) is 0 Å². The maximum atomic E-state index is 9.48. The lowest BCUT2D eigenvalue weighted by Gasteiger charge is -2.49. The van der Waals surface area contributed by atoms with Crippen LogP contribution in [0.2, 0.25) is 0 Å². The van der Waals surface area contributed by atoms with Crippen LogP contribution in [0.5, 0.6) is 0 Å². The van der Waals surface area contributed by atoms with E-state index in [1.807, 2.05) is 13.0 Å². The summed E-state index contributed by atoms with van der Waals surface area (Å²) in [5.41, 5.74) is -0.255. The van der Waals surface area contributed by atoms with Gasteiger partial charge in [-0.15, -0.1) is 0 Å². The Labute approximate surface area is 135 Å². The Hall–Kier alpha value is -0.540. The van der Waals surface area contributed by atoms with Crippen LogP contribution >= 0.6 is 0 Å². The van der Waals surface area contributed by atoms with Crippen LogP contribution in [0, 0.1) is 23.7 Å². The minimum absolute atomic E-state index is 0.0255. The number of fused-ring (bicyclic) bond motifs is 4. The molecule has 0 aromatic rings. The molecule has 6 unspecified atom stereocenters. The van der Waals surface area contributed by atoms with Crippen molar-refractivity contribution < 1.29 is 14.6 Å². The van der Waals surface area contributed by atoms with Gasteiger partial charge >= 0.3 is 0 Å². The van der Waals surface area contributed by atoms with E-state index in [-0.39, 0.29) is 23.9 Å². The SMILES string of the molecule is C/C=C(\CO)OC1CC2(C(C)C)CC3C(C)CCC3C1(C)O2. The number of rotatable bonds is 4. The molecule has 2 aliphatic heterocycles. The summed E-state index contributed by atoms with van der Waals surface area (Å²) in [6, 6.07) is 0.